The van der Waals surface area contributed by atoms with Gasteiger partial charge in [-0.05, 0) is 55.8 Å². The number of rotatable bonds is 5. The molecule has 0 aliphatic heterocycles. The molecule has 3 rings (SSSR count). The van der Waals surface area contributed by atoms with Crippen molar-refractivity contribution in [1.82, 2.24) is 10.2 Å². The molecule has 0 atom stereocenters. The highest BCUT2D eigenvalue weighted by Gasteiger charge is 2.38. The molecule has 0 unspecified atom stereocenters. The first-order valence-corrected chi connectivity index (χ1v) is 7.55. The predicted molar refractivity (Wildman–Crippen MR) is 85.9 cm³/mol. The minimum absolute atomic E-state index is 0.400. The van der Waals surface area contributed by atoms with Crippen LogP contribution in [0.5, 0.6) is 0 Å². The van der Waals surface area contributed by atoms with E-state index in [-0.39, 0.29) is 0 Å². The summed E-state index contributed by atoms with van der Waals surface area (Å²) in [7, 11) is 4.41. The quantitative estimate of drug-likeness (QED) is 0.894. The van der Waals surface area contributed by atoms with Crippen molar-refractivity contribution in [3.8, 4) is 0 Å². The maximum absolute atomic E-state index is 3.65. The second kappa shape index (κ2) is 5.55. The Kier molecular flexibility index (Phi) is 3.77. The zero-order valence-electron chi connectivity index (χ0n) is 12.5. The average molecular weight is 268 g/mol. The van der Waals surface area contributed by atoms with Gasteiger partial charge in [-0.2, -0.15) is 0 Å². The van der Waals surface area contributed by atoms with Crippen molar-refractivity contribution in [2.24, 2.45) is 0 Å². The van der Waals surface area contributed by atoms with Gasteiger partial charge in [0.05, 0.1) is 0 Å². The van der Waals surface area contributed by atoms with Crippen LogP contribution in [0.2, 0.25) is 0 Å². The molecule has 1 aliphatic carbocycles. The molecule has 2 heteroatoms. The topological polar surface area (TPSA) is 15.3 Å². The van der Waals surface area contributed by atoms with Gasteiger partial charge in [0, 0.05) is 18.6 Å². The minimum atomic E-state index is 0.400. The van der Waals surface area contributed by atoms with Gasteiger partial charge in [-0.1, -0.05) is 36.4 Å². The molecule has 1 saturated carbocycles. The molecule has 0 saturated heterocycles. The largest absolute Gasteiger partial charge is 0.311 e. The highest BCUT2D eigenvalue weighted by Crippen LogP contribution is 2.35. The Balaban J connectivity index is 1.62. The fourth-order valence-corrected chi connectivity index (χ4v) is 3.16. The first kappa shape index (κ1) is 13.6. The number of benzene rings is 2. The lowest BCUT2D eigenvalue weighted by atomic mass is 9.75. The van der Waals surface area contributed by atoms with Gasteiger partial charge in [0.1, 0.15) is 0 Å². The van der Waals surface area contributed by atoms with E-state index in [9.17, 15) is 0 Å². The maximum Gasteiger partial charge on any atom is 0.0328 e. The monoisotopic (exact) mass is 268 g/mol. The third kappa shape index (κ3) is 2.58. The number of hydrogen-bond acceptors (Lipinski definition) is 2. The van der Waals surface area contributed by atoms with Gasteiger partial charge >= 0.3 is 0 Å². The van der Waals surface area contributed by atoms with E-state index in [2.05, 4.69) is 66.8 Å². The number of nitrogens with zero attached hydrogens (tertiary/aromatic N) is 1. The highest BCUT2D eigenvalue weighted by atomic mass is 15.2. The van der Waals surface area contributed by atoms with Gasteiger partial charge in [-0.15, -0.1) is 0 Å². The Labute approximate surface area is 121 Å². The Morgan fingerprint density at radius 2 is 1.80 bits per heavy atom. The molecule has 20 heavy (non-hydrogen) atoms. The summed E-state index contributed by atoms with van der Waals surface area (Å²) in [5.41, 5.74) is 1.77. The standard InChI is InChI=1S/C18H24N2/c1-20(2)18(10-5-11-18)14-19-13-15-8-9-16-6-3-4-7-17(16)12-15/h3-4,6-9,12,19H,5,10-11,13-14H2,1-2H3. The molecule has 1 N–H and O–H groups in total. The summed E-state index contributed by atoms with van der Waals surface area (Å²) in [6.07, 6.45) is 4.02. The SMILES string of the molecule is CN(C)C1(CNCc2ccc3ccccc3c2)CCC1. The van der Waals surface area contributed by atoms with E-state index >= 15 is 0 Å². The molecular weight excluding hydrogens is 244 g/mol. The second-order valence-electron chi connectivity index (χ2n) is 6.26. The van der Waals surface area contributed by atoms with Crippen LogP contribution in [-0.2, 0) is 6.54 Å². The Hall–Kier alpha value is -1.38. The maximum atomic E-state index is 3.65. The van der Waals surface area contributed by atoms with Crippen LogP contribution in [0.4, 0.5) is 0 Å². The molecule has 0 bridgehead atoms. The van der Waals surface area contributed by atoms with Crippen LogP contribution in [-0.4, -0.2) is 31.1 Å². The Morgan fingerprint density at radius 3 is 2.45 bits per heavy atom. The summed E-state index contributed by atoms with van der Waals surface area (Å²) in [5, 5.41) is 6.30. The molecule has 0 aromatic heterocycles. The summed E-state index contributed by atoms with van der Waals surface area (Å²) in [4.78, 5) is 2.39. The van der Waals surface area contributed by atoms with Gasteiger partial charge in [0.15, 0.2) is 0 Å². The molecule has 2 aromatic carbocycles. The van der Waals surface area contributed by atoms with Crippen LogP contribution >= 0.6 is 0 Å². The summed E-state index contributed by atoms with van der Waals surface area (Å²) in [5.74, 6) is 0. The molecule has 0 heterocycles. The molecule has 0 spiro atoms. The van der Waals surface area contributed by atoms with E-state index in [4.69, 9.17) is 0 Å². The normalized spacial score (nSPS) is 17.4. The third-order valence-corrected chi connectivity index (χ3v) is 4.83. The van der Waals surface area contributed by atoms with E-state index in [1.807, 2.05) is 0 Å². The lowest BCUT2D eigenvalue weighted by Crippen LogP contribution is -2.56. The first-order chi connectivity index (χ1) is 9.70. The van der Waals surface area contributed by atoms with Crippen molar-refractivity contribution in [3.05, 3.63) is 48.0 Å². The Morgan fingerprint density at radius 1 is 1.05 bits per heavy atom. The van der Waals surface area contributed by atoms with E-state index < -0.39 is 0 Å². The lowest BCUT2D eigenvalue weighted by molar-refractivity contribution is 0.0598. The van der Waals surface area contributed by atoms with Gasteiger partial charge in [-0.3, -0.25) is 0 Å². The summed E-state index contributed by atoms with van der Waals surface area (Å²) in [6.45, 7) is 2.05. The summed E-state index contributed by atoms with van der Waals surface area (Å²) >= 11 is 0. The summed E-state index contributed by atoms with van der Waals surface area (Å²) < 4.78 is 0. The van der Waals surface area contributed by atoms with Crippen LogP contribution in [0.25, 0.3) is 10.8 Å². The molecular formula is C18H24N2. The van der Waals surface area contributed by atoms with Crippen LogP contribution in [0, 0.1) is 0 Å². The van der Waals surface area contributed by atoms with Crippen molar-refractivity contribution in [3.63, 3.8) is 0 Å². The van der Waals surface area contributed by atoms with Crippen molar-refractivity contribution in [1.29, 1.82) is 0 Å². The smallest absolute Gasteiger partial charge is 0.0328 e. The molecule has 1 aliphatic rings. The molecule has 2 aromatic rings. The van der Waals surface area contributed by atoms with E-state index in [0.717, 1.165) is 13.1 Å². The average Bonchev–Trinajstić information content (AvgIpc) is 2.41. The first-order valence-electron chi connectivity index (χ1n) is 7.55. The number of likely N-dealkylation sites (N-methyl/N-ethyl adjacent to an activating group) is 1. The molecule has 0 radical (unpaired) electrons. The van der Waals surface area contributed by atoms with Crippen molar-refractivity contribution in [2.75, 3.05) is 20.6 Å². The van der Waals surface area contributed by atoms with Crippen LogP contribution in [0.1, 0.15) is 24.8 Å². The Bertz CT molecular complexity index is 585. The van der Waals surface area contributed by atoms with E-state index in [0.29, 0.717) is 5.54 Å². The van der Waals surface area contributed by atoms with Crippen molar-refractivity contribution in [2.45, 2.75) is 31.3 Å². The zero-order chi connectivity index (χ0) is 14.0. The van der Waals surface area contributed by atoms with Crippen LogP contribution < -0.4 is 5.32 Å². The minimum Gasteiger partial charge on any atom is -0.311 e. The van der Waals surface area contributed by atoms with Gasteiger partial charge in [0.25, 0.3) is 0 Å². The number of fused-ring (bicyclic) bond motifs is 1. The predicted octanol–water partition coefficient (Wildman–Crippen LogP) is 3.41. The molecule has 2 nitrogen and oxygen atoms in total. The molecule has 1 fully saturated rings. The second-order valence-corrected chi connectivity index (χ2v) is 6.26. The third-order valence-electron chi connectivity index (χ3n) is 4.83. The number of nitrogens with one attached hydrogen (secondary N) is 1. The fourth-order valence-electron chi connectivity index (χ4n) is 3.16. The zero-order valence-corrected chi connectivity index (χ0v) is 12.5. The number of hydrogen-bond donors (Lipinski definition) is 1. The van der Waals surface area contributed by atoms with Gasteiger partial charge < -0.3 is 10.2 Å². The lowest BCUT2D eigenvalue weighted by Gasteiger charge is -2.47. The molecule has 0 amide bonds. The van der Waals surface area contributed by atoms with Gasteiger partial charge in [-0.25, -0.2) is 0 Å². The van der Waals surface area contributed by atoms with Crippen molar-refractivity contribution >= 4 is 10.8 Å². The van der Waals surface area contributed by atoms with Crippen molar-refractivity contribution < 1.29 is 0 Å². The van der Waals surface area contributed by atoms with E-state index in [1.54, 1.807) is 0 Å². The summed E-state index contributed by atoms with van der Waals surface area (Å²) in [6, 6.07) is 15.3. The van der Waals surface area contributed by atoms with Crippen LogP contribution in [0.3, 0.4) is 0 Å². The molecule has 106 valence electrons. The van der Waals surface area contributed by atoms with E-state index in [1.165, 1.54) is 35.6 Å². The van der Waals surface area contributed by atoms with Gasteiger partial charge in [0.2, 0.25) is 0 Å². The highest BCUT2D eigenvalue weighted by molar-refractivity contribution is 5.82. The fraction of sp³-hybridized carbons (Fsp3) is 0.444. The van der Waals surface area contributed by atoms with Crippen LogP contribution in [0.15, 0.2) is 42.5 Å².